The highest BCUT2D eigenvalue weighted by Crippen LogP contribution is 2.25. The lowest BCUT2D eigenvalue weighted by Crippen LogP contribution is -2.44. The molecule has 1 aliphatic rings. The third-order valence-electron chi connectivity index (χ3n) is 2.37. The van der Waals surface area contributed by atoms with E-state index in [1.165, 1.54) is 7.11 Å². The summed E-state index contributed by atoms with van der Waals surface area (Å²) in [7, 11) is 1.47. The summed E-state index contributed by atoms with van der Waals surface area (Å²) in [5, 5.41) is 2.93. The summed E-state index contributed by atoms with van der Waals surface area (Å²) < 4.78 is 44.8. The zero-order chi connectivity index (χ0) is 10.8. The first-order valence-corrected chi connectivity index (χ1v) is 4.45. The standard InChI is InChI=1S/C8H14F3NO2/c1-5(13-2)7-6(3-4-12-7)14-8(9,10)11/h5-7,12H,3-4H2,1-2H3/t5-,6-,7+/m0/s1. The summed E-state index contributed by atoms with van der Waals surface area (Å²) in [5.41, 5.74) is 0. The molecule has 0 amide bonds. The summed E-state index contributed by atoms with van der Waals surface area (Å²) >= 11 is 0. The van der Waals surface area contributed by atoms with E-state index in [0.29, 0.717) is 13.0 Å². The quantitative estimate of drug-likeness (QED) is 0.766. The molecule has 0 aromatic rings. The highest BCUT2D eigenvalue weighted by atomic mass is 19.4. The monoisotopic (exact) mass is 213 g/mol. The van der Waals surface area contributed by atoms with E-state index in [9.17, 15) is 13.2 Å². The van der Waals surface area contributed by atoms with E-state index in [1.807, 2.05) is 0 Å². The third-order valence-corrected chi connectivity index (χ3v) is 2.37. The fourth-order valence-electron chi connectivity index (χ4n) is 1.62. The minimum absolute atomic E-state index is 0.287. The lowest BCUT2D eigenvalue weighted by atomic mass is 10.1. The summed E-state index contributed by atoms with van der Waals surface area (Å²) in [5.74, 6) is 0. The van der Waals surface area contributed by atoms with Crippen LogP contribution in [0.3, 0.4) is 0 Å². The molecule has 14 heavy (non-hydrogen) atoms. The molecular weight excluding hydrogens is 199 g/mol. The van der Waals surface area contributed by atoms with Crippen molar-refractivity contribution in [3.8, 4) is 0 Å². The van der Waals surface area contributed by atoms with Gasteiger partial charge in [0, 0.05) is 7.11 Å². The van der Waals surface area contributed by atoms with Crippen LogP contribution in [-0.2, 0) is 9.47 Å². The second kappa shape index (κ2) is 4.46. The molecule has 0 unspecified atom stereocenters. The molecule has 0 aromatic carbocycles. The smallest absolute Gasteiger partial charge is 0.380 e. The van der Waals surface area contributed by atoms with Crippen molar-refractivity contribution in [2.45, 2.75) is 38.0 Å². The highest BCUT2D eigenvalue weighted by molar-refractivity contribution is 4.89. The Labute approximate surface area is 80.6 Å². The van der Waals surface area contributed by atoms with Gasteiger partial charge in [0.25, 0.3) is 0 Å². The van der Waals surface area contributed by atoms with Gasteiger partial charge in [0.15, 0.2) is 0 Å². The van der Waals surface area contributed by atoms with Crippen LogP contribution in [0.2, 0.25) is 0 Å². The van der Waals surface area contributed by atoms with E-state index in [0.717, 1.165) is 0 Å². The Balaban J connectivity index is 2.51. The minimum Gasteiger partial charge on any atom is -0.380 e. The maximum atomic E-state index is 12.0. The van der Waals surface area contributed by atoms with Crippen molar-refractivity contribution in [2.24, 2.45) is 0 Å². The van der Waals surface area contributed by atoms with Crippen molar-refractivity contribution in [1.82, 2.24) is 5.32 Å². The Morgan fingerprint density at radius 1 is 1.43 bits per heavy atom. The zero-order valence-electron chi connectivity index (χ0n) is 8.10. The molecule has 3 atom stereocenters. The van der Waals surface area contributed by atoms with Gasteiger partial charge < -0.3 is 10.1 Å². The maximum Gasteiger partial charge on any atom is 0.522 e. The van der Waals surface area contributed by atoms with Crippen LogP contribution < -0.4 is 5.32 Å². The van der Waals surface area contributed by atoms with Gasteiger partial charge in [-0.05, 0) is 19.9 Å². The molecule has 0 spiro atoms. The van der Waals surface area contributed by atoms with Crippen LogP contribution in [0.25, 0.3) is 0 Å². The van der Waals surface area contributed by atoms with Gasteiger partial charge in [0.05, 0.1) is 18.2 Å². The highest BCUT2D eigenvalue weighted by Gasteiger charge is 2.41. The number of hydrogen-bond acceptors (Lipinski definition) is 3. The SMILES string of the molecule is CO[C@@H](C)[C@H]1NCC[C@@H]1OC(F)(F)F. The van der Waals surface area contributed by atoms with Gasteiger partial charge in [0.2, 0.25) is 0 Å². The molecule has 0 aromatic heterocycles. The van der Waals surface area contributed by atoms with Gasteiger partial charge in [-0.25, -0.2) is 0 Å². The second-order valence-electron chi connectivity index (χ2n) is 3.31. The Kier molecular flexibility index (Phi) is 3.74. The number of hydrogen-bond donors (Lipinski definition) is 1. The maximum absolute atomic E-state index is 12.0. The van der Waals surface area contributed by atoms with E-state index in [-0.39, 0.29) is 12.1 Å². The van der Waals surface area contributed by atoms with Gasteiger partial charge in [-0.2, -0.15) is 0 Å². The first-order chi connectivity index (χ1) is 6.44. The van der Waals surface area contributed by atoms with Crippen molar-refractivity contribution in [3.05, 3.63) is 0 Å². The summed E-state index contributed by atoms with van der Waals surface area (Å²) in [6, 6.07) is -0.387. The minimum atomic E-state index is -4.57. The Morgan fingerprint density at radius 2 is 2.07 bits per heavy atom. The number of ether oxygens (including phenoxy) is 2. The lowest BCUT2D eigenvalue weighted by molar-refractivity contribution is -0.344. The molecule has 1 aliphatic heterocycles. The van der Waals surface area contributed by atoms with Crippen LogP contribution in [-0.4, -0.2) is 38.3 Å². The fourth-order valence-corrected chi connectivity index (χ4v) is 1.62. The van der Waals surface area contributed by atoms with Crippen molar-refractivity contribution in [1.29, 1.82) is 0 Å². The molecule has 0 saturated carbocycles. The van der Waals surface area contributed by atoms with E-state index in [2.05, 4.69) is 10.1 Å². The molecule has 6 heteroatoms. The zero-order valence-corrected chi connectivity index (χ0v) is 8.10. The number of alkyl halides is 3. The molecule has 3 nitrogen and oxygen atoms in total. The number of halogens is 3. The van der Waals surface area contributed by atoms with Crippen LogP contribution in [0.5, 0.6) is 0 Å². The third kappa shape index (κ3) is 3.11. The van der Waals surface area contributed by atoms with Crippen LogP contribution >= 0.6 is 0 Å². The molecule has 0 bridgehead atoms. The van der Waals surface area contributed by atoms with Gasteiger partial charge in [-0.1, -0.05) is 0 Å². The van der Waals surface area contributed by atoms with Gasteiger partial charge in [-0.3, -0.25) is 4.74 Å². The van der Waals surface area contributed by atoms with Crippen molar-refractivity contribution >= 4 is 0 Å². The molecule has 1 heterocycles. The summed E-state index contributed by atoms with van der Waals surface area (Å²) in [6.07, 6.45) is -5.34. The van der Waals surface area contributed by atoms with Crippen LogP contribution in [0.4, 0.5) is 13.2 Å². The van der Waals surface area contributed by atoms with E-state index in [1.54, 1.807) is 6.92 Å². The number of nitrogens with one attached hydrogen (secondary N) is 1. The Morgan fingerprint density at radius 3 is 2.57 bits per heavy atom. The molecule has 84 valence electrons. The lowest BCUT2D eigenvalue weighted by Gasteiger charge is -2.25. The van der Waals surface area contributed by atoms with Gasteiger partial charge in [-0.15, -0.1) is 13.2 Å². The molecule has 1 rings (SSSR count). The average Bonchev–Trinajstić information content (AvgIpc) is 2.48. The molecule has 1 saturated heterocycles. The van der Waals surface area contributed by atoms with E-state index < -0.39 is 12.5 Å². The average molecular weight is 213 g/mol. The summed E-state index contributed by atoms with van der Waals surface area (Å²) in [6.45, 7) is 2.24. The van der Waals surface area contributed by atoms with Crippen LogP contribution in [0, 0.1) is 0 Å². The number of rotatable bonds is 3. The number of methoxy groups -OCH3 is 1. The molecular formula is C8H14F3NO2. The van der Waals surface area contributed by atoms with Crippen molar-refractivity contribution < 1.29 is 22.6 Å². The van der Waals surface area contributed by atoms with Crippen LogP contribution in [0.1, 0.15) is 13.3 Å². The predicted octanol–water partition coefficient (Wildman–Crippen LogP) is 1.29. The van der Waals surface area contributed by atoms with Crippen molar-refractivity contribution in [3.63, 3.8) is 0 Å². The Bertz CT molecular complexity index is 186. The van der Waals surface area contributed by atoms with Gasteiger partial charge >= 0.3 is 6.36 Å². The van der Waals surface area contributed by atoms with E-state index in [4.69, 9.17) is 4.74 Å². The Hall–Kier alpha value is -0.330. The largest absolute Gasteiger partial charge is 0.522 e. The predicted molar refractivity (Wildman–Crippen MR) is 43.8 cm³/mol. The summed E-state index contributed by atoms with van der Waals surface area (Å²) in [4.78, 5) is 0. The van der Waals surface area contributed by atoms with E-state index >= 15 is 0 Å². The first-order valence-electron chi connectivity index (χ1n) is 4.45. The normalized spacial score (nSPS) is 30.6. The molecule has 0 radical (unpaired) electrons. The fraction of sp³-hybridized carbons (Fsp3) is 1.00. The molecule has 1 N–H and O–H groups in total. The molecule has 1 fully saturated rings. The second-order valence-corrected chi connectivity index (χ2v) is 3.31. The van der Waals surface area contributed by atoms with Crippen LogP contribution in [0.15, 0.2) is 0 Å². The molecule has 0 aliphatic carbocycles. The van der Waals surface area contributed by atoms with Crippen molar-refractivity contribution in [2.75, 3.05) is 13.7 Å². The first kappa shape index (κ1) is 11.7. The topological polar surface area (TPSA) is 30.5 Å². The van der Waals surface area contributed by atoms with Gasteiger partial charge in [0.1, 0.15) is 0 Å².